The Morgan fingerprint density at radius 2 is 1.77 bits per heavy atom. The number of hydrogen-bond acceptors (Lipinski definition) is 5. The first-order valence-corrected chi connectivity index (χ1v) is 10.8. The predicted molar refractivity (Wildman–Crippen MR) is 114 cm³/mol. The van der Waals surface area contributed by atoms with Gasteiger partial charge in [-0.25, -0.2) is 0 Å². The van der Waals surface area contributed by atoms with Gasteiger partial charge < -0.3 is 29.3 Å². The van der Waals surface area contributed by atoms with Gasteiger partial charge in [0, 0.05) is 50.7 Å². The van der Waals surface area contributed by atoms with E-state index in [0.29, 0.717) is 18.2 Å². The topological polar surface area (TPSA) is 78.2 Å². The molecule has 4 rings (SSSR count). The van der Waals surface area contributed by atoms with Crippen molar-refractivity contribution < 1.29 is 19.7 Å². The van der Waals surface area contributed by atoms with Gasteiger partial charge >= 0.3 is 0 Å². The monoisotopic (exact) mass is 413 g/mol. The minimum atomic E-state index is -0.679. The molecule has 0 saturated carbocycles. The number of piperidine rings is 1. The van der Waals surface area contributed by atoms with Gasteiger partial charge in [0.1, 0.15) is 11.9 Å². The molecule has 2 aromatic rings. The molecule has 3 heterocycles. The highest BCUT2D eigenvalue weighted by Crippen LogP contribution is 2.25. The molecule has 2 N–H and O–H groups in total. The molecule has 30 heavy (non-hydrogen) atoms. The van der Waals surface area contributed by atoms with E-state index in [1.54, 1.807) is 0 Å². The third kappa shape index (κ3) is 5.03. The lowest BCUT2D eigenvalue weighted by atomic mass is 10.1. The summed E-state index contributed by atoms with van der Waals surface area (Å²) < 4.78 is 8.27. The maximum absolute atomic E-state index is 12.8. The standard InChI is InChI=1S/C23H31N3O4/c27-17-20(28)16-24-12-8-22(9-13-24)30-21-5-3-18(4-6-21)23(29)26-14-7-19(15-26)25-10-1-2-11-25/h1-6,10-11,19-20,22,27-28H,7-9,12-17H2. The fraction of sp³-hybridized carbons (Fsp3) is 0.522. The highest BCUT2D eigenvalue weighted by molar-refractivity contribution is 5.94. The van der Waals surface area contributed by atoms with Crippen LogP contribution in [0.3, 0.4) is 0 Å². The molecule has 162 valence electrons. The number of ether oxygens (including phenoxy) is 1. The first-order chi connectivity index (χ1) is 14.6. The quantitative estimate of drug-likeness (QED) is 0.723. The van der Waals surface area contributed by atoms with E-state index in [-0.39, 0.29) is 18.6 Å². The lowest BCUT2D eigenvalue weighted by Crippen LogP contribution is -2.42. The molecule has 7 heteroatoms. The highest BCUT2D eigenvalue weighted by atomic mass is 16.5. The molecule has 0 bridgehead atoms. The normalized spacial score (nSPS) is 21.7. The molecule has 2 fully saturated rings. The summed E-state index contributed by atoms with van der Waals surface area (Å²) in [6.45, 7) is 3.51. The van der Waals surface area contributed by atoms with E-state index < -0.39 is 6.10 Å². The fourth-order valence-electron chi connectivity index (χ4n) is 4.38. The molecular formula is C23H31N3O4. The molecule has 1 amide bonds. The molecule has 2 unspecified atom stereocenters. The Kier molecular flexibility index (Phi) is 6.72. The Labute approximate surface area is 177 Å². The van der Waals surface area contributed by atoms with Gasteiger partial charge in [-0.05, 0) is 55.7 Å². The molecule has 2 aliphatic heterocycles. The second-order valence-corrected chi connectivity index (χ2v) is 8.30. The second-order valence-electron chi connectivity index (χ2n) is 8.30. The number of benzene rings is 1. The number of carbonyl (C=O) groups excluding carboxylic acids is 1. The summed E-state index contributed by atoms with van der Waals surface area (Å²) in [5, 5.41) is 18.5. The van der Waals surface area contributed by atoms with Gasteiger partial charge in [-0.3, -0.25) is 4.79 Å². The number of rotatable bonds is 7. The van der Waals surface area contributed by atoms with Crippen molar-refractivity contribution in [3.8, 4) is 5.75 Å². The molecule has 2 aliphatic rings. The summed E-state index contributed by atoms with van der Waals surface area (Å²) in [6.07, 6.45) is 6.32. The number of carbonyl (C=O) groups is 1. The first kappa shape index (κ1) is 20.9. The molecule has 0 aliphatic carbocycles. The van der Waals surface area contributed by atoms with E-state index in [9.17, 15) is 9.90 Å². The summed E-state index contributed by atoms with van der Waals surface area (Å²) in [6, 6.07) is 11.9. The Balaban J connectivity index is 1.26. The third-order valence-electron chi connectivity index (χ3n) is 6.12. The lowest BCUT2D eigenvalue weighted by molar-refractivity contribution is 0.0346. The average molecular weight is 414 g/mol. The summed E-state index contributed by atoms with van der Waals surface area (Å²) >= 11 is 0. The van der Waals surface area contributed by atoms with Crippen LogP contribution in [0.2, 0.25) is 0 Å². The largest absolute Gasteiger partial charge is 0.490 e. The molecule has 7 nitrogen and oxygen atoms in total. The Hall–Kier alpha value is -2.35. The second kappa shape index (κ2) is 9.64. The minimum Gasteiger partial charge on any atom is -0.490 e. The smallest absolute Gasteiger partial charge is 0.253 e. The van der Waals surface area contributed by atoms with E-state index >= 15 is 0 Å². The zero-order valence-corrected chi connectivity index (χ0v) is 17.3. The van der Waals surface area contributed by atoms with E-state index in [1.165, 1.54) is 0 Å². The minimum absolute atomic E-state index is 0.0759. The van der Waals surface area contributed by atoms with E-state index in [1.807, 2.05) is 41.3 Å². The number of aliphatic hydroxyl groups excluding tert-OH is 2. The zero-order chi connectivity index (χ0) is 20.9. The van der Waals surface area contributed by atoms with Crippen molar-refractivity contribution in [2.75, 3.05) is 39.3 Å². The number of amides is 1. The Bertz CT molecular complexity index is 800. The van der Waals surface area contributed by atoms with Crippen LogP contribution in [0.5, 0.6) is 5.75 Å². The number of aromatic nitrogens is 1. The van der Waals surface area contributed by atoms with Crippen LogP contribution in [0.15, 0.2) is 48.8 Å². The summed E-state index contributed by atoms with van der Waals surface area (Å²) in [4.78, 5) is 16.9. The van der Waals surface area contributed by atoms with Crippen molar-refractivity contribution in [3.63, 3.8) is 0 Å². The molecule has 2 atom stereocenters. The van der Waals surface area contributed by atoms with Crippen LogP contribution in [0.4, 0.5) is 0 Å². The summed E-state index contributed by atoms with van der Waals surface area (Å²) in [5.74, 6) is 0.860. The predicted octanol–water partition coefficient (Wildman–Crippen LogP) is 1.77. The molecule has 1 aromatic heterocycles. The average Bonchev–Trinajstić information content (AvgIpc) is 3.47. The van der Waals surface area contributed by atoms with Crippen LogP contribution in [-0.4, -0.2) is 82.0 Å². The van der Waals surface area contributed by atoms with Crippen LogP contribution in [0, 0.1) is 0 Å². The van der Waals surface area contributed by atoms with Crippen molar-refractivity contribution >= 4 is 5.91 Å². The molecule has 0 radical (unpaired) electrons. The van der Waals surface area contributed by atoms with Crippen molar-refractivity contribution in [1.82, 2.24) is 14.4 Å². The van der Waals surface area contributed by atoms with Gasteiger partial charge in [-0.1, -0.05) is 0 Å². The first-order valence-electron chi connectivity index (χ1n) is 10.8. The summed E-state index contributed by atoms with van der Waals surface area (Å²) in [5.41, 5.74) is 0.698. The van der Waals surface area contributed by atoms with E-state index in [4.69, 9.17) is 9.84 Å². The van der Waals surface area contributed by atoms with Crippen LogP contribution in [0.1, 0.15) is 35.7 Å². The SMILES string of the molecule is O=C(c1ccc(OC2CCN(CC(O)CO)CC2)cc1)N1CCC(n2cccc2)C1. The van der Waals surface area contributed by atoms with Crippen LogP contribution in [-0.2, 0) is 0 Å². The van der Waals surface area contributed by atoms with Crippen molar-refractivity contribution in [2.24, 2.45) is 0 Å². The molecule has 2 saturated heterocycles. The van der Waals surface area contributed by atoms with Gasteiger partial charge in [0.05, 0.1) is 18.8 Å². The Morgan fingerprint density at radius 3 is 2.43 bits per heavy atom. The van der Waals surface area contributed by atoms with Crippen molar-refractivity contribution in [2.45, 2.75) is 37.5 Å². The van der Waals surface area contributed by atoms with Crippen molar-refractivity contribution in [1.29, 1.82) is 0 Å². The highest BCUT2D eigenvalue weighted by Gasteiger charge is 2.28. The molecule has 0 spiro atoms. The number of hydrogen-bond donors (Lipinski definition) is 2. The maximum Gasteiger partial charge on any atom is 0.253 e. The third-order valence-corrected chi connectivity index (χ3v) is 6.12. The van der Waals surface area contributed by atoms with Crippen LogP contribution in [0.25, 0.3) is 0 Å². The van der Waals surface area contributed by atoms with Crippen LogP contribution < -0.4 is 4.74 Å². The number of β-amino-alcohol motifs (C(OH)–C–C–N with tert-alkyl or cyclic N) is 1. The Morgan fingerprint density at radius 1 is 1.07 bits per heavy atom. The van der Waals surface area contributed by atoms with Crippen LogP contribution >= 0.6 is 0 Å². The number of nitrogens with zero attached hydrogens (tertiary/aromatic N) is 3. The molecular weight excluding hydrogens is 382 g/mol. The summed E-state index contributed by atoms with van der Waals surface area (Å²) in [7, 11) is 0. The van der Waals surface area contributed by atoms with Gasteiger partial charge in [-0.2, -0.15) is 0 Å². The van der Waals surface area contributed by atoms with E-state index in [0.717, 1.165) is 51.2 Å². The number of aliphatic hydroxyl groups is 2. The van der Waals surface area contributed by atoms with Gasteiger partial charge in [0.15, 0.2) is 0 Å². The molecule has 1 aromatic carbocycles. The van der Waals surface area contributed by atoms with Gasteiger partial charge in [0.2, 0.25) is 0 Å². The maximum atomic E-state index is 12.8. The number of likely N-dealkylation sites (tertiary alicyclic amines) is 2. The van der Waals surface area contributed by atoms with E-state index in [2.05, 4.69) is 21.9 Å². The van der Waals surface area contributed by atoms with Gasteiger partial charge in [0.25, 0.3) is 5.91 Å². The van der Waals surface area contributed by atoms with Gasteiger partial charge in [-0.15, -0.1) is 0 Å². The lowest BCUT2D eigenvalue weighted by Gasteiger charge is -2.33. The fourth-order valence-corrected chi connectivity index (χ4v) is 4.38. The zero-order valence-electron chi connectivity index (χ0n) is 17.3. The van der Waals surface area contributed by atoms with Crippen molar-refractivity contribution in [3.05, 3.63) is 54.4 Å².